The number of nitrogens with one attached hydrogen (secondary N) is 1. The number of urea groups is 1. The van der Waals surface area contributed by atoms with Gasteiger partial charge in [0.1, 0.15) is 0 Å². The van der Waals surface area contributed by atoms with Crippen molar-refractivity contribution >= 4 is 17.9 Å². The Balaban J connectivity index is 2.52. The molecule has 0 aromatic carbocycles. The number of carboxylic acids is 1. The van der Waals surface area contributed by atoms with Gasteiger partial charge in [-0.25, -0.2) is 9.59 Å². The molecule has 1 aliphatic rings. The second-order valence-corrected chi connectivity index (χ2v) is 4.88. The van der Waals surface area contributed by atoms with Crippen molar-refractivity contribution in [1.82, 2.24) is 15.1 Å². The summed E-state index contributed by atoms with van der Waals surface area (Å²) in [7, 11) is 3.90. The zero-order valence-corrected chi connectivity index (χ0v) is 11.3. The second kappa shape index (κ2) is 6.33. The van der Waals surface area contributed by atoms with E-state index in [9.17, 15) is 14.4 Å². The van der Waals surface area contributed by atoms with E-state index in [4.69, 9.17) is 5.11 Å². The van der Waals surface area contributed by atoms with Crippen LogP contribution in [0.1, 0.15) is 6.92 Å². The van der Waals surface area contributed by atoms with E-state index < -0.39 is 17.9 Å². The molecular formula is C12H19N3O4. The smallest absolute Gasteiger partial charge is 0.328 e. The van der Waals surface area contributed by atoms with Gasteiger partial charge in [-0.3, -0.25) is 10.1 Å². The Bertz CT molecular complexity index is 406. The lowest BCUT2D eigenvalue weighted by Crippen LogP contribution is -2.42. The van der Waals surface area contributed by atoms with Gasteiger partial charge in [-0.05, 0) is 20.0 Å². The number of hydrogen-bond donors (Lipinski definition) is 2. The molecule has 0 saturated carbocycles. The second-order valence-electron chi connectivity index (χ2n) is 4.88. The third kappa shape index (κ3) is 4.36. The monoisotopic (exact) mass is 269 g/mol. The number of carboxylic acid groups (broad SMARTS) is 1. The summed E-state index contributed by atoms with van der Waals surface area (Å²) in [6.07, 6.45) is 1.51. The Morgan fingerprint density at radius 1 is 1.26 bits per heavy atom. The van der Waals surface area contributed by atoms with Gasteiger partial charge in [0, 0.05) is 31.3 Å². The van der Waals surface area contributed by atoms with Gasteiger partial charge in [-0.15, -0.1) is 0 Å². The third-order valence-corrected chi connectivity index (χ3v) is 3.13. The average molecular weight is 269 g/mol. The van der Waals surface area contributed by atoms with Crippen molar-refractivity contribution in [2.45, 2.75) is 13.0 Å². The number of nitrogens with zero attached hydrogens (tertiary/aromatic N) is 2. The summed E-state index contributed by atoms with van der Waals surface area (Å²) in [6, 6.07) is -0.230. The highest BCUT2D eigenvalue weighted by Crippen LogP contribution is 2.19. The van der Waals surface area contributed by atoms with E-state index >= 15 is 0 Å². The van der Waals surface area contributed by atoms with Crippen molar-refractivity contribution in [2.24, 2.45) is 5.92 Å². The largest absolute Gasteiger partial charge is 0.478 e. The van der Waals surface area contributed by atoms with Crippen LogP contribution in [0, 0.1) is 5.92 Å². The highest BCUT2D eigenvalue weighted by Gasteiger charge is 2.33. The van der Waals surface area contributed by atoms with Gasteiger partial charge in [0.25, 0.3) is 5.91 Å². The standard InChI is InChI=1S/C12H19N3O4/c1-8-6-15(7-9(8)14(2)3)12(19)13-10(16)4-5-11(17)18/h4-5,8-9H,6-7H2,1-3H3,(H,17,18)(H,13,16,19)/b5-4+. The Morgan fingerprint density at radius 3 is 2.37 bits per heavy atom. The lowest BCUT2D eigenvalue weighted by Gasteiger charge is -2.22. The maximum atomic E-state index is 11.8. The molecule has 0 radical (unpaired) electrons. The fourth-order valence-electron chi connectivity index (χ4n) is 2.16. The Labute approximate surface area is 111 Å². The van der Waals surface area contributed by atoms with E-state index in [0.29, 0.717) is 25.1 Å². The molecular weight excluding hydrogens is 250 g/mol. The number of imide groups is 1. The zero-order valence-electron chi connectivity index (χ0n) is 11.3. The van der Waals surface area contributed by atoms with Gasteiger partial charge in [-0.1, -0.05) is 6.92 Å². The fourth-order valence-corrected chi connectivity index (χ4v) is 2.16. The van der Waals surface area contributed by atoms with Crippen LogP contribution in [-0.4, -0.2) is 66.0 Å². The van der Waals surface area contributed by atoms with Crippen LogP contribution in [0.5, 0.6) is 0 Å². The highest BCUT2D eigenvalue weighted by molar-refractivity contribution is 6.02. The van der Waals surface area contributed by atoms with E-state index in [1.54, 1.807) is 4.90 Å². The topological polar surface area (TPSA) is 90.0 Å². The maximum absolute atomic E-state index is 11.8. The van der Waals surface area contributed by atoms with E-state index in [0.717, 1.165) is 6.08 Å². The molecule has 1 aliphatic heterocycles. The number of carbonyl (C=O) groups excluding carboxylic acids is 2. The van der Waals surface area contributed by atoms with Crippen molar-refractivity contribution < 1.29 is 19.5 Å². The first-order valence-electron chi connectivity index (χ1n) is 5.98. The van der Waals surface area contributed by atoms with Crippen molar-refractivity contribution in [3.63, 3.8) is 0 Å². The summed E-state index contributed by atoms with van der Waals surface area (Å²) in [5, 5.41) is 10.5. The molecule has 2 unspecified atom stereocenters. The van der Waals surface area contributed by atoms with Crippen LogP contribution in [-0.2, 0) is 9.59 Å². The normalized spacial score (nSPS) is 23.1. The number of carbonyl (C=O) groups is 3. The summed E-state index contributed by atoms with van der Waals surface area (Å²) in [6.45, 7) is 3.17. The van der Waals surface area contributed by atoms with Crippen molar-refractivity contribution in [1.29, 1.82) is 0 Å². The SMILES string of the molecule is CC1CN(C(=O)NC(=O)/C=C/C(=O)O)CC1N(C)C. The van der Waals surface area contributed by atoms with E-state index in [1.807, 2.05) is 25.9 Å². The third-order valence-electron chi connectivity index (χ3n) is 3.13. The maximum Gasteiger partial charge on any atom is 0.328 e. The summed E-state index contributed by atoms with van der Waals surface area (Å²) in [5.41, 5.74) is 0. The lowest BCUT2D eigenvalue weighted by atomic mass is 10.1. The van der Waals surface area contributed by atoms with Crippen LogP contribution < -0.4 is 5.32 Å². The first kappa shape index (κ1) is 15.2. The lowest BCUT2D eigenvalue weighted by molar-refractivity contribution is -0.131. The minimum absolute atomic E-state index is 0.260. The van der Waals surface area contributed by atoms with Gasteiger partial charge in [0.2, 0.25) is 0 Å². The summed E-state index contributed by atoms with van der Waals surface area (Å²) < 4.78 is 0. The predicted octanol–water partition coefficient (Wildman–Crippen LogP) is -0.255. The number of aliphatic carboxylic acids is 1. The quantitative estimate of drug-likeness (QED) is 0.689. The molecule has 106 valence electrons. The Hall–Kier alpha value is -1.89. The van der Waals surface area contributed by atoms with Gasteiger partial charge < -0.3 is 14.9 Å². The number of amides is 3. The van der Waals surface area contributed by atoms with Crippen LogP contribution in [0.15, 0.2) is 12.2 Å². The average Bonchev–Trinajstić information content (AvgIpc) is 2.69. The van der Waals surface area contributed by atoms with Crippen LogP contribution in [0.3, 0.4) is 0 Å². The van der Waals surface area contributed by atoms with E-state index in [1.165, 1.54) is 0 Å². The minimum atomic E-state index is -1.23. The number of likely N-dealkylation sites (N-methyl/N-ethyl adjacent to an activating group) is 1. The van der Waals surface area contributed by atoms with Gasteiger partial charge in [0.15, 0.2) is 0 Å². The molecule has 1 heterocycles. The Morgan fingerprint density at radius 2 is 1.89 bits per heavy atom. The molecule has 0 bridgehead atoms. The molecule has 2 N–H and O–H groups in total. The van der Waals surface area contributed by atoms with Crippen LogP contribution in [0.4, 0.5) is 4.79 Å². The number of likely N-dealkylation sites (tertiary alicyclic amines) is 1. The molecule has 0 aromatic rings. The van der Waals surface area contributed by atoms with Crippen LogP contribution >= 0.6 is 0 Å². The first-order valence-corrected chi connectivity index (χ1v) is 5.98. The molecule has 19 heavy (non-hydrogen) atoms. The molecule has 0 aromatic heterocycles. The molecule has 1 saturated heterocycles. The summed E-state index contributed by atoms with van der Waals surface area (Å²) >= 11 is 0. The van der Waals surface area contributed by atoms with Crippen molar-refractivity contribution in [3.8, 4) is 0 Å². The molecule has 7 nitrogen and oxygen atoms in total. The fraction of sp³-hybridized carbons (Fsp3) is 0.583. The highest BCUT2D eigenvalue weighted by atomic mass is 16.4. The first-order chi connectivity index (χ1) is 8.81. The number of hydrogen-bond acceptors (Lipinski definition) is 4. The number of rotatable bonds is 3. The zero-order chi connectivity index (χ0) is 14.6. The van der Waals surface area contributed by atoms with Crippen LogP contribution in [0.2, 0.25) is 0 Å². The molecule has 1 rings (SSSR count). The van der Waals surface area contributed by atoms with Gasteiger partial charge in [0.05, 0.1) is 0 Å². The predicted molar refractivity (Wildman–Crippen MR) is 68.5 cm³/mol. The molecule has 2 atom stereocenters. The molecule has 1 fully saturated rings. The molecule has 7 heteroatoms. The van der Waals surface area contributed by atoms with Crippen molar-refractivity contribution in [3.05, 3.63) is 12.2 Å². The molecule has 0 aliphatic carbocycles. The van der Waals surface area contributed by atoms with Gasteiger partial charge >= 0.3 is 12.0 Å². The minimum Gasteiger partial charge on any atom is -0.478 e. The molecule has 0 spiro atoms. The van der Waals surface area contributed by atoms with Gasteiger partial charge in [-0.2, -0.15) is 0 Å². The van der Waals surface area contributed by atoms with E-state index in [2.05, 4.69) is 5.32 Å². The van der Waals surface area contributed by atoms with Crippen LogP contribution in [0.25, 0.3) is 0 Å². The summed E-state index contributed by atoms with van der Waals surface area (Å²) in [5.74, 6) is -1.64. The molecule has 3 amide bonds. The summed E-state index contributed by atoms with van der Waals surface area (Å²) in [4.78, 5) is 36.9. The van der Waals surface area contributed by atoms with Crippen molar-refractivity contribution in [2.75, 3.05) is 27.2 Å². The van der Waals surface area contributed by atoms with E-state index in [-0.39, 0.29) is 6.04 Å². The Kier molecular flexibility index (Phi) is 5.05.